The number of para-hydroxylation sites is 1. The Labute approximate surface area is 95.0 Å². The van der Waals surface area contributed by atoms with Crippen LogP contribution in [0.2, 0.25) is 0 Å². The molecule has 2 N–H and O–H groups in total. The molecule has 0 unspecified atom stereocenters. The molecule has 1 fully saturated rings. The molecule has 1 aromatic rings. The van der Waals surface area contributed by atoms with E-state index in [1.54, 1.807) is 23.1 Å². The van der Waals surface area contributed by atoms with Crippen LogP contribution < -0.4 is 10.5 Å². The molecule has 1 aliphatic rings. The van der Waals surface area contributed by atoms with Crippen molar-refractivity contribution in [2.75, 3.05) is 19.9 Å². The van der Waals surface area contributed by atoms with Crippen molar-refractivity contribution in [1.82, 2.24) is 4.90 Å². The number of hydrogen-bond acceptors (Lipinski definition) is 3. The molecule has 1 aromatic carbocycles. The topological polar surface area (TPSA) is 55.6 Å². The number of carbonyl (C=O) groups excluding carboxylic acids is 1. The third-order valence-electron chi connectivity index (χ3n) is 2.89. The maximum atomic E-state index is 12.1. The highest BCUT2D eigenvalue weighted by Gasteiger charge is 2.31. The van der Waals surface area contributed by atoms with E-state index in [-0.39, 0.29) is 5.91 Å². The number of hydrogen-bond donors (Lipinski definition) is 1. The monoisotopic (exact) mass is 220 g/mol. The largest absolute Gasteiger partial charge is 0.494 e. The first-order valence-electron chi connectivity index (χ1n) is 5.34. The minimum absolute atomic E-state index is 0.0216. The van der Waals surface area contributed by atoms with E-state index in [4.69, 9.17) is 10.5 Å². The summed E-state index contributed by atoms with van der Waals surface area (Å²) < 4.78 is 5.18. The fraction of sp³-hybridized carbons (Fsp3) is 0.417. The van der Waals surface area contributed by atoms with Crippen molar-refractivity contribution in [3.05, 3.63) is 23.8 Å². The molecule has 0 aromatic heterocycles. The van der Waals surface area contributed by atoms with Crippen molar-refractivity contribution >= 4 is 11.6 Å². The predicted molar refractivity (Wildman–Crippen MR) is 62.5 cm³/mol. The summed E-state index contributed by atoms with van der Waals surface area (Å²) in [5, 5.41) is 0. The van der Waals surface area contributed by atoms with Crippen LogP contribution in [0.3, 0.4) is 0 Å². The van der Waals surface area contributed by atoms with Gasteiger partial charge in [0.2, 0.25) is 0 Å². The number of benzene rings is 1. The smallest absolute Gasteiger partial charge is 0.257 e. The second kappa shape index (κ2) is 4.04. The molecular weight excluding hydrogens is 204 g/mol. The van der Waals surface area contributed by atoms with Gasteiger partial charge in [-0.15, -0.1) is 0 Å². The Hall–Kier alpha value is -1.71. The number of nitrogens with two attached hydrogens (primary N) is 1. The summed E-state index contributed by atoms with van der Waals surface area (Å²) in [7, 11) is 3.35. The van der Waals surface area contributed by atoms with Crippen LogP contribution in [0.25, 0.3) is 0 Å². The minimum atomic E-state index is -0.0216. The lowest BCUT2D eigenvalue weighted by Crippen LogP contribution is -2.29. The summed E-state index contributed by atoms with van der Waals surface area (Å²) in [5.74, 6) is 0.451. The van der Waals surface area contributed by atoms with Crippen molar-refractivity contribution in [2.45, 2.75) is 18.9 Å². The standard InChI is InChI=1S/C12H16N2O2/c1-14(8-6-7-8)12(15)9-4-3-5-10(13)11(9)16-2/h3-5,8H,6-7,13H2,1-2H3. The second-order valence-corrected chi connectivity index (χ2v) is 4.08. The van der Waals surface area contributed by atoms with Gasteiger partial charge in [-0.1, -0.05) is 6.07 Å². The molecule has 0 aliphatic heterocycles. The van der Waals surface area contributed by atoms with Crippen LogP contribution in [0.4, 0.5) is 5.69 Å². The summed E-state index contributed by atoms with van der Waals surface area (Å²) in [6.45, 7) is 0. The van der Waals surface area contributed by atoms with Crippen LogP contribution in [-0.4, -0.2) is 31.0 Å². The Bertz CT molecular complexity index is 413. The van der Waals surface area contributed by atoms with Gasteiger partial charge in [0.15, 0.2) is 5.75 Å². The maximum absolute atomic E-state index is 12.1. The summed E-state index contributed by atoms with van der Waals surface area (Å²) in [6, 6.07) is 5.63. The zero-order valence-electron chi connectivity index (χ0n) is 9.56. The number of nitrogen functional groups attached to an aromatic ring is 1. The van der Waals surface area contributed by atoms with Gasteiger partial charge in [0.05, 0.1) is 18.4 Å². The van der Waals surface area contributed by atoms with Crippen molar-refractivity contribution in [2.24, 2.45) is 0 Å². The zero-order valence-corrected chi connectivity index (χ0v) is 9.56. The average molecular weight is 220 g/mol. The molecule has 0 atom stereocenters. The van der Waals surface area contributed by atoms with Crippen LogP contribution in [0.1, 0.15) is 23.2 Å². The molecule has 0 saturated heterocycles. The van der Waals surface area contributed by atoms with E-state index in [0.29, 0.717) is 23.0 Å². The van der Waals surface area contributed by atoms with Crippen LogP contribution in [-0.2, 0) is 0 Å². The molecule has 1 amide bonds. The van der Waals surface area contributed by atoms with Crippen LogP contribution in [0.5, 0.6) is 5.75 Å². The summed E-state index contributed by atoms with van der Waals surface area (Å²) >= 11 is 0. The summed E-state index contributed by atoms with van der Waals surface area (Å²) in [4.78, 5) is 13.9. The molecule has 1 saturated carbocycles. The Balaban J connectivity index is 2.31. The summed E-state index contributed by atoms with van der Waals surface area (Å²) in [5.41, 5.74) is 6.80. The van der Waals surface area contributed by atoms with Crippen molar-refractivity contribution in [1.29, 1.82) is 0 Å². The Morgan fingerprint density at radius 3 is 2.75 bits per heavy atom. The van der Waals surface area contributed by atoms with E-state index in [1.165, 1.54) is 7.11 Å². The van der Waals surface area contributed by atoms with E-state index in [9.17, 15) is 4.79 Å². The van der Waals surface area contributed by atoms with Crippen LogP contribution in [0.15, 0.2) is 18.2 Å². The molecule has 4 heteroatoms. The molecule has 1 aliphatic carbocycles. The first kappa shape index (κ1) is 10.8. The van der Waals surface area contributed by atoms with Gasteiger partial charge >= 0.3 is 0 Å². The molecule has 0 heterocycles. The number of rotatable bonds is 3. The Morgan fingerprint density at radius 1 is 1.50 bits per heavy atom. The van der Waals surface area contributed by atoms with Gasteiger partial charge < -0.3 is 15.4 Å². The number of anilines is 1. The average Bonchev–Trinajstić information content (AvgIpc) is 3.10. The number of ether oxygens (including phenoxy) is 1. The number of nitrogens with zero attached hydrogens (tertiary/aromatic N) is 1. The van der Waals surface area contributed by atoms with Gasteiger partial charge in [-0.05, 0) is 25.0 Å². The van der Waals surface area contributed by atoms with Gasteiger partial charge in [-0.3, -0.25) is 4.79 Å². The fourth-order valence-electron chi connectivity index (χ4n) is 1.77. The van der Waals surface area contributed by atoms with E-state index in [1.807, 2.05) is 7.05 Å². The SMILES string of the molecule is COc1c(N)cccc1C(=O)N(C)C1CC1. The van der Waals surface area contributed by atoms with Crippen LogP contribution >= 0.6 is 0 Å². The third-order valence-corrected chi connectivity index (χ3v) is 2.89. The molecule has 4 nitrogen and oxygen atoms in total. The van der Waals surface area contributed by atoms with E-state index in [0.717, 1.165) is 12.8 Å². The molecule has 0 bridgehead atoms. The van der Waals surface area contributed by atoms with E-state index in [2.05, 4.69) is 0 Å². The predicted octanol–water partition coefficient (Wildman–Crippen LogP) is 1.51. The zero-order chi connectivity index (χ0) is 11.7. The van der Waals surface area contributed by atoms with Gasteiger partial charge in [0, 0.05) is 13.1 Å². The highest BCUT2D eigenvalue weighted by atomic mass is 16.5. The van der Waals surface area contributed by atoms with Crippen molar-refractivity contribution in [3.8, 4) is 5.75 Å². The number of carbonyl (C=O) groups is 1. The molecule has 0 spiro atoms. The lowest BCUT2D eigenvalue weighted by atomic mass is 10.1. The van der Waals surface area contributed by atoms with E-state index < -0.39 is 0 Å². The summed E-state index contributed by atoms with van der Waals surface area (Å²) in [6.07, 6.45) is 2.18. The number of amides is 1. The number of methoxy groups -OCH3 is 1. The minimum Gasteiger partial charge on any atom is -0.494 e. The van der Waals surface area contributed by atoms with Gasteiger partial charge in [-0.2, -0.15) is 0 Å². The Morgan fingerprint density at radius 2 is 2.19 bits per heavy atom. The first-order valence-corrected chi connectivity index (χ1v) is 5.34. The third kappa shape index (κ3) is 1.83. The highest BCUT2D eigenvalue weighted by molar-refractivity contribution is 5.98. The second-order valence-electron chi connectivity index (χ2n) is 4.08. The first-order chi connectivity index (χ1) is 7.65. The van der Waals surface area contributed by atoms with E-state index >= 15 is 0 Å². The van der Waals surface area contributed by atoms with Crippen LogP contribution in [0, 0.1) is 0 Å². The van der Waals surface area contributed by atoms with Gasteiger partial charge in [0.1, 0.15) is 0 Å². The maximum Gasteiger partial charge on any atom is 0.257 e. The highest BCUT2D eigenvalue weighted by Crippen LogP contribution is 2.31. The molecule has 86 valence electrons. The quantitative estimate of drug-likeness (QED) is 0.785. The molecule has 16 heavy (non-hydrogen) atoms. The Kier molecular flexibility index (Phi) is 2.73. The van der Waals surface area contributed by atoms with Gasteiger partial charge in [0.25, 0.3) is 5.91 Å². The molecule has 0 radical (unpaired) electrons. The lowest BCUT2D eigenvalue weighted by Gasteiger charge is -2.18. The molecular formula is C12H16N2O2. The normalized spacial score (nSPS) is 14.6. The van der Waals surface area contributed by atoms with Crippen molar-refractivity contribution < 1.29 is 9.53 Å². The van der Waals surface area contributed by atoms with Gasteiger partial charge in [-0.25, -0.2) is 0 Å². The fourth-order valence-corrected chi connectivity index (χ4v) is 1.77. The lowest BCUT2D eigenvalue weighted by molar-refractivity contribution is 0.0782. The van der Waals surface area contributed by atoms with Crippen molar-refractivity contribution in [3.63, 3.8) is 0 Å². The molecule has 2 rings (SSSR count).